The standard InChI is InChI=1S/C15H21N5O/c21-11-6-12(10-4-2-1-3-5-10)20(7-11)15-13-14(17-8-16-13)18-9-19-15/h8-12,21H,1-7H2,(H,16,17,18,19)/t11-,12-/m1/s1. The average Bonchev–Trinajstić information content (AvgIpc) is 3.14. The van der Waals surface area contributed by atoms with Gasteiger partial charge in [-0.05, 0) is 25.2 Å². The van der Waals surface area contributed by atoms with Crippen LogP contribution >= 0.6 is 0 Å². The van der Waals surface area contributed by atoms with Crippen molar-refractivity contribution >= 4 is 17.0 Å². The van der Waals surface area contributed by atoms with Crippen molar-refractivity contribution in [2.75, 3.05) is 11.4 Å². The molecule has 2 aromatic heterocycles. The zero-order valence-electron chi connectivity index (χ0n) is 12.1. The molecule has 0 radical (unpaired) electrons. The maximum absolute atomic E-state index is 10.2. The summed E-state index contributed by atoms with van der Waals surface area (Å²) in [6.07, 6.45) is 10.3. The fraction of sp³-hybridized carbons (Fsp3) is 0.667. The summed E-state index contributed by atoms with van der Waals surface area (Å²) in [5, 5.41) is 10.2. The van der Waals surface area contributed by atoms with E-state index in [0.29, 0.717) is 24.2 Å². The van der Waals surface area contributed by atoms with E-state index in [9.17, 15) is 5.11 Å². The van der Waals surface area contributed by atoms with Gasteiger partial charge in [-0.3, -0.25) is 0 Å². The first-order chi connectivity index (χ1) is 10.3. The lowest BCUT2D eigenvalue weighted by molar-refractivity contribution is 0.185. The van der Waals surface area contributed by atoms with Gasteiger partial charge in [0.05, 0.1) is 12.4 Å². The second kappa shape index (κ2) is 5.26. The number of aromatic nitrogens is 4. The van der Waals surface area contributed by atoms with Crippen LogP contribution in [0.5, 0.6) is 0 Å². The SMILES string of the molecule is O[C@@H]1C[C@H](C2CCCCC2)N(c2ncnc3nc[nH]c23)C1. The van der Waals surface area contributed by atoms with E-state index in [2.05, 4.69) is 24.8 Å². The molecule has 2 atom stereocenters. The Balaban J connectivity index is 1.69. The maximum Gasteiger partial charge on any atom is 0.182 e. The molecule has 1 aliphatic carbocycles. The number of aromatic amines is 1. The van der Waals surface area contributed by atoms with Crippen molar-refractivity contribution in [2.24, 2.45) is 5.92 Å². The quantitative estimate of drug-likeness (QED) is 0.881. The summed E-state index contributed by atoms with van der Waals surface area (Å²) in [5.74, 6) is 1.56. The van der Waals surface area contributed by atoms with Crippen LogP contribution in [0.15, 0.2) is 12.7 Å². The summed E-state index contributed by atoms with van der Waals surface area (Å²) in [7, 11) is 0. The molecule has 2 aromatic rings. The minimum Gasteiger partial charge on any atom is -0.391 e. The zero-order chi connectivity index (χ0) is 14.2. The van der Waals surface area contributed by atoms with Crippen LogP contribution in [0.3, 0.4) is 0 Å². The number of imidazole rings is 1. The largest absolute Gasteiger partial charge is 0.391 e. The van der Waals surface area contributed by atoms with E-state index in [1.807, 2.05) is 0 Å². The van der Waals surface area contributed by atoms with Crippen molar-refractivity contribution in [2.45, 2.75) is 50.7 Å². The number of hydrogen-bond donors (Lipinski definition) is 2. The van der Waals surface area contributed by atoms with Crippen molar-refractivity contribution in [3.63, 3.8) is 0 Å². The van der Waals surface area contributed by atoms with Crippen LogP contribution < -0.4 is 4.90 Å². The van der Waals surface area contributed by atoms with Gasteiger partial charge in [-0.25, -0.2) is 15.0 Å². The minimum absolute atomic E-state index is 0.259. The molecule has 21 heavy (non-hydrogen) atoms. The molecular formula is C15H21N5O. The van der Waals surface area contributed by atoms with Crippen LogP contribution in [0.4, 0.5) is 5.82 Å². The van der Waals surface area contributed by atoms with Crippen LogP contribution in [0.1, 0.15) is 38.5 Å². The predicted molar refractivity (Wildman–Crippen MR) is 80.0 cm³/mol. The molecule has 0 bridgehead atoms. The molecule has 2 N–H and O–H groups in total. The van der Waals surface area contributed by atoms with Gasteiger partial charge in [-0.15, -0.1) is 0 Å². The summed E-state index contributed by atoms with van der Waals surface area (Å²) in [6.45, 7) is 0.659. The summed E-state index contributed by atoms with van der Waals surface area (Å²) in [6, 6.07) is 0.390. The number of aliphatic hydroxyl groups excluding tert-OH is 1. The molecule has 4 rings (SSSR count). The Hall–Kier alpha value is -1.69. The summed E-state index contributed by atoms with van der Waals surface area (Å²) in [5.41, 5.74) is 1.58. The summed E-state index contributed by atoms with van der Waals surface area (Å²) in [4.78, 5) is 18.3. The number of nitrogens with one attached hydrogen (secondary N) is 1. The lowest BCUT2D eigenvalue weighted by Gasteiger charge is -2.34. The molecule has 112 valence electrons. The van der Waals surface area contributed by atoms with Crippen molar-refractivity contribution in [3.05, 3.63) is 12.7 Å². The average molecular weight is 287 g/mol. The van der Waals surface area contributed by atoms with E-state index < -0.39 is 0 Å². The smallest absolute Gasteiger partial charge is 0.182 e. The lowest BCUT2D eigenvalue weighted by Crippen LogP contribution is -2.37. The third kappa shape index (κ3) is 2.27. The van der Waals surface area contributed by atoms with E-state index in [4.69, 9.17) is 0 Å². The first-order valence-electron chi connectivity index (χ1n) is 7.91. The second-order valence-electron chi connectivity index (χ2n) is 6.31. The molecule has 6 nitrogen and oxygen atoms in total. The Kier molecular flexibility index (Phi) is 3.25. The number of H-pyrrole nitrogens is 1. The fourth-order valence-corrected chi connectivity index (χ4v) is 4.02. The van der Waals surface area contributed by atoms with E-state index >= 15 is 0 Å². The topological polar surface area (TPSA) is 77.9 Å². The van der Waals surface area contributed by atoms with Crippen molar-refractivity contribution in [1.29, 1.82) is 0 Å². The number of β-amino-alcohol motifs (C(OH)–C–C–N with tert-alkyl or cyclic N) is 1. The normalized spacial score (nSPS) is 27.6. The van der Waals surface area contributed by atoms with Crippen molar-refractivity contribution < 1.29 is 5.11 Å². The molecular weight excluding hydrogens is 266 g/mol. The first kappa shape index (κ1) is 13.0. The van der Waals surface area contributed by atoms with Crippen LogP contribution in [0.2, 0.25) is 0 Å². The van der Waals surface area contributed by atoms with Gasteiger partial charge in [0.2, 0.25) is 0 Å². The Bertz CT molecular complexity index is 621. The molecule has 1 saturated heterocycles. The molecule has 0 unspecified atom stereocenters. The molecule has 0 spiro atoms. The van der Waals surface area contributed by atoms with Gasteiger partial charge < -0.3 is 15.0 Å². The van der Waals surface area contributed by atoms with Crippen molar-refractivity contribution in [3.8, 4) is 0 Å². The van der Waals surface area contributed by atoms with Gasteiger partial charge in [-0.2, -0.15) is 0 Å². The summed E-state index contributed by atoms with van der Waals surface area (Å²) < 4.78 is 0. The monoisotopic (exact) mass is 287 g/mol. The Morgan fingerprint density at radius 2 is 2.00 bits per heavy atom. The highest BCUT2D eigenvalue weighted by Crippen LogP contribution is 2.37. The van der Waals surface area contributed by atoms with Gasteiger partial charge in [-0.1, -0.05) is 19.3 Å². The number of anilines is 1. The Morgan fingerprint density at radius 1 is 1.14 bits per heavy atom. The lowest BCUT2D eigenvalue weighted by atomic mass is 9.83. The molecule has 6 heteroatoms. The highest BCUT2D eigenvalue weighted by molar-refractivity contribution is 5.83. The zero-order valence-corrected chi connectivity index (χ0v) is 12.1. The molecule has 0 amide bonds. The van der Waals surface area contributed by atoms with Crippen LogP contribution in [0.25, 0.3) is 11.2 Å². The second-order valence-corrected chi connectivity index (χ2v) is 6.31. The Labute approximate surface area is 123 Å². The number of hydrogen-bond acceptors (Lipinski definition) is 5. The molecule has 3 heterocycles. The van der Waals surface area contributed by atoms with Crippen LogP contribution in [-0.2, 0) is 0 Å². The third-order valence-electron chi connectivity index (χ3n) is 4.99. The molecule has 1 saturated carbocycles. The van der Waals surface area contributed by atoms with Crippen LogP contribution in [-0.4, -0.2) is 43.7 Å². The molecule has 2 fully saturated rings. The highest BCUT2D eigenvalue weighted by Gasteiger charge is 2.38. The van der Waals surface area contributed by atoms with E-state index in [0.717, 1.165) is 17.8 Å². The van der Waals surface area contributed by atoms with E-state index in [1.54, 1.807) is 12.7 Å². The predicted octanol–water partition coefficient (Wildman–Crippen LogP) is 1.87. The van der Waals surface area contributed by atoms with Gasteiger partial charge in [0.15, 0.2) is 11.5 Å². The maximum atomic E-state index is 10.2. The third-order valence-corrected chi connectivity index (χ3v) is 4.99. The van der Waals surface area contributed by atoms with E-state index in [1.165, 1.54) is 32.1 Å². The fourth-order valence-electron chi connectivity index (χ4n) is 4.02. The number of nitrogens with zero attached hydrogens (tertiary/aromatic N) is 4. The van der Waals surface area contributed by atoms with Gasteiger partial charge in [0, 0.05) is 12.6 Å². The number of rotatable bonds is 2. The van der Waals surface area contributed by atoms with Gasteiger partial charge >= 0.3 is 0 Å². The molecule has 0 aromatic carbocycles. The Morgan fingerprint density at radius 3 is 2.86 bits per heavy atom. The number of aliphatic hydroxyl groups is 1. The minimum atomic E-state index is -0.259. The highest BCUT2D eigenvalue weighted by atomic mass is 16.3. The number of fused-ring (bicyclic) bond motifs is 1. The van der Waals surface area contributed by atoms with Crippen LogP contribution in [0, 0.1) is 5.92 Å². The first-order valence-corrected chi connectivity index (χ1v) is 7.91. The summed E-state index contributed by atoms with van der Waals surface area (Å²) >= 11 is 0. The molecule has 1 aliphatic heterocycles. The van der Waals surface area contributed by atoms with E-state index in [-0.39, 0.29) is 6.10 Å². The van der Waals surface area contributed by atoms with Crippen molar-refractivity contribution in [1.82, 2.24) is 19.9 Å². The van der Waals surface area contributed by atoms with Gasteiger partial charge in [0.25, 0.3) is 0 Å². The molecule has 2 aliphatic rings. The van der Waals surface area contributed by atoms with Gasteiger partial charge in [0.1, 0.15) is 11.8 Å².